The Kier molecular flexibility index (Phi) is 9.12. The number of aliphatic hydroxyl groups is 1. The number of piperidine rings is 1. The van der Waals surface area contributed by atoms with Crippen LogP contribution in [0.1, 0.15) is 30.9 Å². The quantitative estimate of drug-likeness (QED) is 0.604. The molecule has 0 bridgehead atoms. The largest absolute Gasteiger partial charge is 0.491 e. The number of halogens is 1. The Morgan fingerprint density at radius 1 is 1.17 bits per heavy atom. The Hall–Kier alpha value is -1.95. The van der Waals surface area contributed by atoms with Crippen LogP contribution in [-0.2, 0) is 13.0 Å². The van der Waals surface area contributed by atoms with Crippen molar-refractivity contribution >= 4 is 0 Å². The Labute approximate surface area is 180 Å². The molecule has 0 aromatic heterocycles. The van der Waals surface area contributed by atoms with Crippen molar-refractivity contribution in [3.63, 3.8) is 0 Å². The molecule has 1 saturated heterocycles. The number of rotatable bonds is 11. The van der Waals surface area contributed by atoms with Crippen LogP contribution >= 0.6 is 0 Å². The van der Waals surface area contributed by atoms with Gasteiger partial charge in [-0.1, -0.05) is 31.2 Å². The van der Waals surface area contributed by atoms with E-state index < -0.39 is 0 Å². The summed E-state index contributed by atoms with van der Waals surface area (Å²) >= 11 is 0. The van der Waals surface area contributed by atoms with Gasteiger partial charge in [0.1, 0.15) is 18.2 Å². The maximum atomic E-state index is 13.4. The summed E-state index contributed by atoms with van der Waals surface area (Å²) in [5.74, 6) is 1.34. The van der Waals surface area contributed by atoms with E-state index in [1.165, 1.54) is 24.5 Å². The molecule has 3 rings (SSSR count). The molecule has 0 saturated carbocycles. The van der Waals surface area contributed by atoms with Gasteiger partial charge in [0.25, 0.3) is 0 Å². The van der Waals surface area contributed by atoms with Crippen LogP contribution in [-0.4, -0.2) is 60.8 Å². The van der Waals surface area contributed by atoms with Crippen LogP contribution in [0.5, 0.6) is 5.75 Å². The molecule has 0 amide bonds. The van der Waals surface area contributed by atoms with Crippen molar-refractivity contribution in [3.05, 3.63) is 65.5 Å². The Morgan fingerprint density at radius 3 is 2.80 bits per heavy atom. The molecule has 1 aliphatic heterocycles. The first-order valence-corrected chi connectivity index (χ1v) is 11.2. The summed E-state index contributed by atoms with van der Waals surface area (Å²) in [6.45, 7) is 8.85. The second-order valence-electron chi connectivity index (χ2n) is 8.24. The molecule has 0 radical (unpaired) electrons. The summed E-state index contributed by atoms with van der Waals surface area (Å²) in [6, 6.07) is 15.1. The van der Waals surface area contributed by atoms with Crippen LogP contribution < -0.4 is 4.74 Å². The normalized spacial score (nSPS) is 17.4. The average molecular weight is 415 g/mol. The van der Waals surface area contributed by atoms with E-state index in [9.17, 15) is 4.39 Å². The number of likely N-dealkylation sites (tertiary alicyclic amines) is 1. The van der Waals surface area contributed by atoms with Gasteiger partial charge >= 0.3 is 0 Å². The predicted molar refractivity (Wildman–Crippen MR) is 119 cm³/mol. The first-order valence-electron chi connectivity index (χ1n) is 11.2. The molecule has 30 heavy (non-hydrogen) atoms. The monoisotopic (exact) mass is 414 g/mol. The van der Waals surface area contributed by atoms with E-state index >= 15 is 0 Å². The fraction of sp³-hybridized carbons (Fsp3) is 0.520. The Bertz CT molecular complexity index is 770. The highest BCUT2D eigenvalue weighted by molar-refractivity contribution is 5.28. The van der Waals surface area contributed by atoms with Crippen LogP contribution in [0.2, 0.25) is 0 Å². The van der Waals surface area contributed by atoms with E-state index in [1.54, 1.807) is 12.1 Å². The fourth-order valence-electron chi connectivity index (χ4n) is 4.31. The third kappa shape index (κ3) is 7.38. The van der Waals surface area contributed by atoms with Crippen LogP contribution in [0.4, 0.5) is 4.39 Å². The van der Waals surface area contributed by atoms with Gasteiger partial charge in [-0.3, -0.25) is 4.90 Å². The van der Waals surface area contributed by atoms with Crippen molar-refractivity contribution in [3.8, 4) is 5.75 Å². The molecule has 2 aromatic rings. The van der Waals surface area contributed by atoms with Crippen molar-refractivity contribution in [2.75, 3.05) is 45.9 Å². The lowest BCUT2D eigenvalue weighted by Gasteiger charge is -2.35. The predicted octanol–water partition coefficient (Wildman–Crippen LogP) is 3.97. The lowest BCUT2D eigenvalue weighted by atomic mass is 9.96. The lowest BCUT2D eigenvalue weighted by Crippen LogP contribution is -2.41. The van der Waals surface area contributed by atoms with Crippen molar-refractivity contribution in [1.82, 2.24) is 9.80 Å². The summed E-state index contributed by atoms with van der Waals surface area (Å²) in [5, 5.41) is 8.95. The fourth-order valence-corrected chi connectivity index (χ4v) is 4.31. The topological polar surface area (TPSA) is 35.9 Å². The van der Waals surface area contributed by atoms with Crippen LogP contribution in [0.25, 0.3) is 0 Å². The zero-order chi connectivity index (χ0) is 21.2. The van der Waals surface area contributed by atoms with Crippen molar-refractivity contribution in [2.45, 2.75) is 32.7 Å². The van der Waals surface area contributed by atoms with Crippen LogP contribution in [0, 0.1) is 11.7 Å². The third-order valence-electron chi connectivity index (χ3n) is 5.84. The maximum absolute atomic E-state index is 13.4. The molecule has 1 N–H and O–H groups in total. The van der Waals surface area contributed by atoms with E-state index in [0.717, 1.165) is 57.0 Å². The van der Waals surface area contributed by atoms with E-state index in [0.29, 0.717) is 12.5 Å². The van der Waals surface area contributed by atoms with Gasteiger partial charge in [0.15, 0.2) is 0 Å². The van der Waals surface area contributed by atoms with Gasteiger partial charge in [-0.2, -0.15) is 0 Å². The number of aliphatic hydroxyl groups excluding tert-OH is 1. The van der Waals surface area contributed by atoms with Crippen LogP contribution in [0.3, 0.4) is 0 Å². The zero-order valence-electron chi connectivity index (χ0n) is 18.1. The molecule has 0 spiro atoms. The average Bonchev–Trinajstić information content (AvgIpc) is 2.76. The first-order chi connectivity index (χ1) is 14.7. The van der Waals surface area contributed by atoms with Gasteiger partial charge in [-0.15, -0.1) is 0 Å². The van der Waals surface area contributed by atoms with Gasteiger partial charge in [0.05, 0.1) is 6.61 Å². The van der Waals surface area contributed by atoms with Crippen molar-refractivity contribution < 1.29 is 14.2 Å². The van der Waals surface area contributed by atoms with Gasteiger partial charge in [0, 0.05) is 26.2 Å². The summed E-state index contributed by atoms with van der Waals surface area (Å²) < 4.78 is 19.0. The third-order valence-corrected chi connectivity index (χ3v) is 5.84. The highest BCUT2D eigenvalue weighted by Crippen LogP contribution is 2.20. The SMILES string of the molecule is CCN(Cc1cccc(OCCO)c1)CC1CCCN(CCc2cccc(F)c2)C1. The molecular weight excluding hydrogens is 379 g/mol. The molecule has 1 unspecified atom stereocenters. The van der Waals surface area contributed by atoms with E-state index in [4.69, 9.17) is 9.84 Å². The Morgan fingerprint density at radius 2 is 2.00 bits per heavy atom. The highest BCUT2D eigenvalue weighted by atomic mass is 19.1. The molecule has 1 atom stereocenters. The molecule has 1 heterocycles. The molecule has 4 nitrogen and oxygen atoms in total. The molecular formula is C25H35FN2O2. The molecule has 1 aliphatic rings. The lowest BCUT2D eigenvalue weighted by molar-refractivity contribution is 0.133. The second kappa shape index (κ2) is 12.0. The molecule has 2 aromatic carbocycles. The molecule has 1 fully saturated rings. The maximum Gasteiger partial charge on any atom is 0.123 e. The summed E-state index contributed by atoms with van der Waals surface area (Å²) in [6.07, 6.45) is 3.41. The van der Waals surface area contributed by atoms with Gasteiger partial charge in [-0.05, 0) is 73.7 Å². The molecule has 5 heteroatoms. The number of benzene rings is 2. The van der Waals surface area contributed by atoms with Crippen LogP contribution in [0.15, 0.2) is 48.5 Å². The number of hydrogen-bond donors (Lipinski definition) is 1. The Balaban J connectivity index is 1.48. The first kappa shape index (κ1) is 22.7. The van der Waals surface area contributed by atoms with E-state index in [1.807, 2.05) is 18.2 Å². The summed E-state index contributed by atoms with van der Waals surface area (Å²) in [5.41, 5.74) is 2.32. The minimum Gasteiger partial charge on any atom is -0.491 e. The van der Waals surface area contributed by atoms with Gasteiger partial charge < -0.3 is 14.7 Å². The standard InChI is InChI=1S/C25H35FN2O2/c1-2-27(18-22-7-4-10-25(17-22)30-15-14-29)19-23-8-5-12-28(20-23)13-11-21-6-3-9-24(26)16-21/h3-4,6-7,9-10,16-17,23,29H,2,5,8,11-15,18-20H2,1H3. The second-order valence-corrected chi connectivity index (χ2v) is 8.24. The minimum atomic E-state index is -0.145. The number of hydrogen-bond acceptors (Lipinski definition) is 4. The number of ether oxygens (including phenoxy) is 1. The summed E-state index contributed by atoms with van der Waals surface area (Å²) in [4.78, 5) is 5.04. The smallest absolute Gasteiger partial charge is 0.123 e. The number of nitrogens with zero attached hydrogens (tertiary/aromatic N) is 2. The molecule has 164 valence electrons. The molecule has 0 aliphatic carbocycles. The highest BCUT2D eigenvalue weighted by Gasteiger charge is 2.21. The minimum absolute atomic E-state index is 0.0305. The van der Waals surface area contributed by atoms with Gasteiger partial charge in [-0.25, -0.2) is 4.39 Å². The van der Waals surface area contributed by atoms with E-state index in [-0.39, 0.29) is 12.4 Å². The zero-order valence-corrected chi connectivity index (χ0v) is 18.1. The summed E-state index contributed by atoms with van der Waals surface area (Å²) in [7, 11) is 0. The van der Waals surface area contributed by atoms with Gasteiger partial charge in [0.2, 0.25) is 0 Å². The van der Waals surface area contributed by atoms with Crippen molar-refractivity contribution in [2.24, 2.45) is 5.92 Å². The van der Waals surface area contributed by atoms with Crippen molar-refractivity contribution in [1.29, 1.82) is 0 Å². The van der Waals surface area contributed by atoms with E-state index in [2.05, 4.69) is 28.9 Å².